The smallest absolute Gasteiger partial charge is 0.306 e. The van der Waals surface area contributed by atoms with Gasteiger partial charge in [0.2, 0.25) is 0 Å². The number of hydrogen-bond donors (Lipinski definition) is 1. The molecule has 1 aromatic carbocycles. The molecule has 1 aromatic rings. The van der Waals surface area contributed by atoms with Gasteiger partial charge in [0.1, 0.15) is 0 Å². The lowest BCUT2D eigenvalue weighted by Crippen LogP contribution is -2.30. The van der Waals surface area contributed by atoms with E-state index in [0.717, 1.165) is 18.4 Å². The third-order valence-corrected chi connectivity index (χ3v) is 4.22. The first-order valence-corrected chi connectivity index (χ1v) is 8.33. The Kier molecular flexibility index (Phi) is 6.93. The number of rotatable bonds is 7. The molecule has 0 heterocycles. The highest BCUT2D eigenvalue weighted by atomic mass is 35.5. The van der Waals surface area contributed by atoms with E-state index in [0.29, 0.717) is 29.4 Å². The molecule has 0 unspecified atom stereocenters. The van der Waals surface area contributed by atoms with E-state index in [1.807, 2.05) is 12.1 Å². The predicted molar refractivity (Wildman–Crippen MR) is 90.6 cm³/mol. The van der Waals surface area contributed by atoms with E-state index < -0.39 is 0 Å². The SMILES string of the molecule is O=C(COC(=O)C[C@H]1C=CCC1)NCCc1ccc(Cl)cc1Cl. The number of hydrogen-bond acceptors (Lipinski definition) is 3. The summed E-state index contributed by atoms with van der Waals surface area (Å²) in [5.41, 5.74) is 0.904. The van der Waals surface area contributed by atoms with E-state index in [2.05, 4.69) is 11.4 Å². The molecule has 0 spiro atoms. The summed E-state index contributed by atoms with van der Waals surface area (Å²) in [5.74, 6) is -0.402. The van der Waals surface area contributed by atoms with E-state index in [-0.39, 0.29) is 24.4 Å². The van der Waals surface area contributed by atoms with Crippen LogP contribution in [0.15, 0.2) is 30.4 Å². The maximum absolute atomic E-state index is 11.7. The Morgan fingerprint density at radius 1 is 1.30 bits per heavy atom. The van der Waals surface area contributed by atoms with Crippen LogP contribution in [0.4, 0.5) is 0 Å². The maximum Gasteiger partial charge on any atom is 0.306 e. The number of nitrogens with one attached hydrogen (secondary N) is 1. The fraction of sp³-hybridized carbons (Fsp3) is 0.412. The molecular formula is C17H19Cl2NO3. The highest BCUT2D eigenvalue weighted by Crippen LogP contribution is 2.21. The van der Waals surface area contributed by atoms with Gasteiger partial charge in [-0.1, -0.05) is 41.4 Å². The Balaban J connectivity index is 1.63. The normalized spacial score (nSPS) is 16.3. The zero-order valence-electron chi connectivity index (χ0n) is 12.7. The van der Waals surface area contributed by atoms with Crippen molar-refractivity contribution in [3.63, 3.8) is 0 Å². The average molecular weight is 356 g/mol. The molecule has 0 bridgehead atoms. The summed E-state index contributed by atoms with van der Waals surface area (Å²) in [7, 11) is 0. The number of benzene rings is 1. The van der Waals surface area contributed by atoms with Crippen molar-refractivity contribution in [3.05, 3.63) is 46.0 Å². The summed E-state index contributed by atoms with van der Waals surface area (Å²) in [6, 6.07) is 5.25. The lowest BCUT2D eigenvalue weighted by Gasteiger charge is -2.09. The van der Waals surface area contributed by atoms with Gasteiger partial charge in [0, 0.05) is 16.6 Å². The van der Waals surface area contributed by atoms with Crippen LogP contribution < -0.4 is 5.32 Å². The summed E-state index contributed by atoms with van der Waals surface area (Å²) < 4.78 is 4.98. The number of amides is 1. The number of carbonyl (C=O) groups is 2. The monoisotopic (exact) mass is 355 g/mol. The van der Waals surface area contributed by atoms with Gasteiger partial charge in [-0.15, -0.1) is 0 Å². The molecule has 0 aromatic heterocycles. The molecule has 1 aliphatic carbocycles. The quantitative estimate of drug-likeness (QED) is 0.601. The van der Waals surface area contributed by atoms with E-state index >= 15 is 0 Å². The summed E-state index contributed by atoms with van der Waals surface area (Å²) in [6.07, 6.45) is 6.99. The van der Waals surface area contributed by atoms with Gasteiger partial charge in [-0.2, -0.15) is 0 Å². The van der Waals surface area contributed by atoms with Gasteiger partial charge in [0.15, 0.2) is 6.61 Å². The van der Waals surface area contributed by atoms with Crippen molar-refractivity contribution in [2.24, 2.45) is 5.92 Å². The van der Waals surface area contributed by atoms with Gasteiger partial charge in [-0.05, 0) is 42.9 Å². The number of carbonyl (C=O) groups excluding carboxylic acids is 2. The molecule has 0 fully saturated rings. The number of allylic oxidation sites excluding steroid dienone is 2. The minimum atomic E-state index is -0.336. The first-order chi connectivity index (χ1) is 11.0. The fourth-order valence-electron chi connectivity index (χ4n) is 2.40. The van der Waals surface area contributed by atoms with Crippen LogP contribution in [0, 0.1) is 5.92 Å². The summed E-state index contributed by atoms with van der Waals surface area (Å²) in [5, 5.41) is 3.85. The van der Waals surface area contributed by atoms with Crippen LogP contribution in [0.1, 0.15) is 24.8 Å². The molecule has 23 heavy (non-hydrogen) atoms. The summed E-state index contributed by atoms with van der Waals surface area (Å²) >= 11 is 11.9. The number of halogens is 2. The molecule has 1 atom stereocenters. The van der Waals surface area contributed by atoms with Gasteiger partial charge in [-0.3, -0.25) is 9.59 Å². The van der Waals surface area contributed by atoms with Crippen molar-refractivity contribution in [1.29, 1.82) is 0 Å². The van der Waals surface area contributed by atoms with Gasteiger partial charge in [-0.25, -0.2) is 0 Å². The van der Waals surface area contributed by atoms with Crippen LogP contribution >= 0.6 is 23.2 Å². The van der Waals surface area contributed by atoms with Crippen molar-refractivity contribution in [3.8, 4) is 0 Å². The van der Waals surface area contributed by atoms with E-state index in [4.69, 9.17) is 27.9 Å². The topological polar surface area (TPSA) is 55.4 Å². The average Bonchev–Trinajstić information content (AvgIpc) is 3.00. The number of esters is 1. The van der Waals surface area contributed by atoms with Crippen LogP contribution in [0.3, 0.4) is 0 Å². The second-order valence-electron chi connectivity index (χ2n) is 5.47. The van der Waals surface area contributed by atoms with Gasteiger partial charge >= 0.3 is 5.97 Å². The zero-order valence-corrected chi connectivity index (χ0v) is 14.2. The van der Waals surface area contributed by atoms with Crippen LogP contribution in [-0.2, 0) is 20.7 Å². The molecule has 4 nitrogen and oxygen atoms in total. The molecule has 6 heteroatoms. The number of ether oxygens (including phenoxy) is 1. The van der Waals surface area contributed by atoms with Crippen LogP contribution in [0.25, 0.3) is 0 Å². The van der Waals surface area contributed by atoms with Gasteiger partial charge < -0.3 is 10.1 Å². The molecule has 1 N–H and O–H groups in total. The summed E-state index contributed by atoms with van der Waals surface area (Å²) in [4.78, 5) is 23.3. The van der Waals surface area contributed by atoms with E-state index in [1.54, 1.807) is 12.1 Å². The van der Waals surface area contributed by atoms with Crippen molar-refractivity contribution in [2.75, 3.05) is 13.2 Å². The lowest BCUT2D eigenvalue weighted by molar-refractivity contribution is -0.149. The second kappa shape index (κ2) is 8.94. The molecule has 1 aliphatic rings. The Morgan fingerprint density at radius 2 is 2.13 bits per heavy atom. The highest BCUT2D eigenvalue weighted by molar-refractivity contribution is 6.35. The van der Waals surface area contributed by atoms with Crippen molar-refractivity contribution in [2.45, 2.75) is 25.7 Å². The van der Waals surface area contributed by atoms with Crippen molar-refractivity contribution >= 4 is 35.1 Å². The molecular weight excluding hydrogens is 337 g/mol. The first-order valence-electron chi connectivity index (χ1n) is 7.57. The molecule has 1 amide bonds. The molecule has 2 rings (SSSR count). The third-order valence-electron chi connectivity index (χ3n) is 3.64. The molecule has 0 aliphatic heterocycles. The zero-order chi connectivity index (χ0) is 16.7. The first kappa shape index (κ1) is 17.8. The second-order valence-corrected chi connectivity index (χ2v) is 6.31. The van der Waals surface area contributed by atoms with Crippen LogP contribution in [0.5, 0.6) is 0 Å². The molecule has 0 saturated heterocycles. The largest absolute Gasteiger partial charge is 0.456 e. The molecule has 0 saturated carbocycles. The maximum atomic E-state index is 11.7. The van der Waals surface area contributed by atoms with Crippen molar-refractivity contribution < 1.29 is 14.3 Å². The van der Waals surface area contributed by atoms with E-state index in [9.17, 15) is 9.59 Å². The predicted octanol–water partition coefficient (Wildman–Crippen LogP) is 3.55. The minimum absolute atomic E-state index is 0.246. The Bertz CT molecular complexity index is 602. The van der Waals surface area contributed by atoms with Gasteiger partial charge in [0.25, 0.3) is 5.91 Å². The molecule has 0 radical (unpaired) electrons. The van der Waals surface area contributed by atoms with Gasteiger partial charge in [0.05, 0.1) is 6.42 Å². The van der Waals surface area contributed by atoms with Crippen LogP contribution in [0.2, 0.25) is 10.0 Å². The fourth-order valence-corrected chi connectivity index (χ4v) is 2.90. The summed E-state index contributed by atoms with van der Waals surface area (Å²) in [6.45, 7) is 0.173. The highest BCUT2D eigenvalue weighted by Gasteiger charge is 2.15. The Labute approximate surface area is 145 Å². The van der Waals surface area contributed by atoms with E-state index in [1.165, 1.54) is 0 Å². The standard InChI is InChI=1S/C17H19Cl2NO3/c18-14-6-5-13(15(19)10-14)7-8-20-16(21)11-23-17(22)9-12-3-1-2-4-12/h1,3,5-6,10,12H,2,4,7-9,11H2,(H,20,21)/t12-/m0/s1. The molecule has 124 valence electrons. The Hall–Kier alpha value is -1.52. The Morgan fingerprint density at radius 3 is 2.83 bits per heavy atom. The van der Waals surface area contributed by atoms with Crippen molar-refractivity contribution in [1.82, 2.24) is 5.32 Å². The lowest BCUT2D eigenvalue weighted by atomic mass is 10.1. The van der Waals surface area contributed by atoms with Crippen LogP contribution in [-0.4, -0.2) is 25.0 Å². The third kappa shape index (κ3) is 6.24. The minimum Gasteiger partial charge on any atom is -0.456 e.